The molecule has 10 heteroatoms. The molecule has 0 saturated heterocycles. The highest BCUT2D eigenvalue weighted by Gasteiger charge is 2.26. The molecule has 0 bridgehead atoms. The molecule has 0 spiro atoms. The number of nitrogens with one attached hydrogen (secondary N) is 2. The lowest BCUT2D eigenvalue weighted by Gasteiger charge is -2.20. The first-order valence-electron chi connectivity index (χ1n) is 13.3. The summed E-state index contributed by atoms with van der Waals surface area (Å²) in [6, 6.07) is 21.0. The molecule has 3 heterocycles. The number of carbonyl (C=O) groups excluding carboxylic acids is 1. The molecule has 0 unspecified atom stereocenters. The smallest absolute Gasteiger partial charge is 0.255 e. The van der Waals surface area contributed by atoms with Crippen LogP contribution in [0.3, 0.4) is 0 Å². The van der Waals surface area contributed by atoms with Crippen LogP contribution in [0.2, 0.25) is 0 Å². The van der Waals surface area contributed by atoms with E-state index in [4.69, 9.17) is 4.42 Å². The normalized spacial score (nSPS) is 11.7. The molecule has 0 aliphatic heterocycles. The number of H-pyrrole nitrogens is 1. The molecule has 1 amide bonds. The topological polar surface area (TPSA) is 121 Å². The molecule has 0 radical (unpaired) electrons. The number of hydrogen-bond acceptors (Lipinski definition) is 6. The van der Waals surface area contributed by atoms with Crippen LogP contribution >= 0.6 is 0 Å². The lowest BCUT2D eigenvalue weighted by Crippen LogP contribution is -2.25. The van der Waals surface area contributed by atoms with Crippen molar-refractivity contribution in [1.29, 1.82) is 0 Å². The third kappa shape index (κ3) is 4.59. The van der Waals surface area contributed by atoms with Crippen LogP contribution < -0.4 is 9.62 Å². The number of nitrogens with zero attached hydrogens (tertiary/aromatic N) is 3. The van der Waals surface area contributed by atoms with Crippen molar-refractivity contribution in [2.75, 3.05) is 24.7 Å². The molecular formula is C32H29N5O4S. The summed E-state index contributed by atoms with van der Waals surface area (Å²) in [7, 11) is -0.630. The number of carbonyl (C=O) groups is 1. The van der Waals surface area contributed by atoms with Crippen LogP contribution in [0.25, 0.3) is 55.7 Å². The lowest BCUT2D eigenvalue weighted by molar-refractivity contribution is 0.0964. The summed E-state index contributed by atoms with van der Waals surface area (Å²) < 4.78 is 32.9. The number of fused-ring (bicyclic) bond motifs is 2. The SMILES string of the molecule is CNC(=O)c1c(-c2ccc(C)cc2)oc2cc(N(C)S(C)(=O)=O)c(-c3cc(-c4[nH]c5ccccc5c4C)cnn3)cc12. The highest BCUT2D eigenvalue weighted by atomic mass is 32.2. The number of aromatic nitrogens is 3. The zero-order chi connectivity index (χ0) is 29.8. The molecule has 0 saturated carbocycles. The summed E-state index contributed by atoms with van der Waals surface area (Å²) in [5.41, 5.74) is 7.54. The first-order chi connectivity index (χ1) is 20.1. The van der Waals surface area contributed by atoms with Gasteiger partial charge in [0.25, 0.3) is 5.91 Å². The second kappa shape index (κ2) is 10.1. The molecule has 9 nitrogen and oxygen atoms in total. The van der Waals surface area contributed by atoms with Crippen molar-refractivity contribution >= 4 is 43.5 Å². The summed E-state index contributed by atoms with van der Waals surface area (Å²) in [5.74, 6) is 0.0658. The Morgan fingerprint density at radius 2 is 1.71 bits per heavy atom. The van der Waals surface area contributed by atoms with Crippen molar-refractivity contribution in [1.82, 2.24) is 20.5 Å². The fraction of sp³-hybridized carbons (Fsp3) is 0.156. The summed E-state index contributed by atoms with van der Waals surface area (Å²) in [6.45, 7) is 4.02. The predicted molar refractivity (Wildman–Crippen MR) is 166 cm³/mol. The maximum absolute atomic E-state index is 13.2. The van der Waals surface area contributed by atoms with Crippen molar-refractivity contribution in [3.8, 4) is 33.8 Å². The fourth-order valence-corrected chi connectivity index (χ4v) is 5.75. The molecule has 6 aromatic rings. The Balaban J connectivity index is 1.62. The Morgan fingerprint density at radius 1 is 0.976 bits per heavy atom. The first kappa shape index (κ1) is 27.2. The standard InChI is InChI=1S/C32H29N5O4S/c1-18-10-12-20(13-11-18)31-29(32(38)33-3)24-15-23(27(16-28(24)41-31)37(4)42(5,39)40)26-14-21(17-34-36-26)30-19(2)22-8-6-7-9-25(22)35-30/h6-17,35H,1-5H3,(H,33,38). The van der Waals surface area contributed by atoms with Gasteiger partial charge in [0.2, 0.25) is 10.0 Å². The van der Waals surface area contributed by atoms with Crippen molar-refractivity contribution < 1.29 is 17.6 Å². The van der Waals surface area contributed by atoms with Crippen LogP contribution in [-0.2, 0) is 10.0 Å². The van der Waals surface area contributed by atoms with E-state index in [2.05, 4.69) is 26.6 Å². The molecular weight excluding hydrogens is 550 g/mol. The number of furan rings is 1. The minimum Gasteiger partial charge on any atom is -0.455 e. The van der Waals surface area contributed by atoms with E-state index in [0.29, 0.717) is 39.2 Å². The van der Waals surface area contributed by atoms with E-state index in [0.717, 1.165) is 45.1 Å². The van der Waals surface area contributed by atoms with Crippen LogP contribution in [0.1, 0.15) is 21.5 Å². The number of rotatable bonds is 6. The Kier molecular flexibility index (Phi) is 6.58. The highest BCUT2D eigenvalue weighted by molar-refractivity contribution is 7.92. The molecule has 0 atom stereocenters. The second-order valence-electron chi connectivity index (χ2n) is 10.3. The summed E-state index contributed by atoms with van der Waals surface area (Å²) in [6.07, 6.45) is 2.80. The summed E-state index contributed by atoms with van der Waals surface area (Å²) in [5, 5.41) is 13.0. The largest absolute Gasteiger partial charge is 0.455 e. The van der Waals surface area contributed by atoms with Gasteiger partial charge in [-0.15, -0.1) is 0 Å². The van der Waals surface area contributed by atoms with E-state index in [1.54, 1.807) is 25.4 Å². The van der Waals surface area contributed by atoms with E-state index >= 15 is 0 Å². The quantitative estimate of drug-likeness (QED) is 0.247. The van der Waals surface area contributed by atoms with Gasteiger partial charge in [-0.3, -0.25) is 9.10 Å². The van der Waals surface area contributed by atoms with Crippen LogP contribution in [0.15, 0.2) is 77.3 Å². The third-order valence-corrected chi connectivity index (χ3v) is 8.79. The Morgan fingerprint density at radius 3 is 2.40 bits per heavy atom. The maximum atomic E-state index is 13.2. The average molecular weight is 580 g/mol. The van der Waals surface area contributed by atoms with Gasteiger partial charge in [-0.2, -0.15) is 10.2 Å². The zero-order valence-corrected chi connectivity index (χ0v) is 24.6. The lowest BCUT2D eigenvalue weighted by atomic mass is 9.99. The maximum Gasteiger partial charge on any atom is 0.255 e. The van der Waals surface area contributed by atoms with E-state index in [1.807, 2.05) is 62.4 Å². The van der Waals surface area contributed by atoms with Gasteiger partial charge < -0.3 is 14.7 Å². The van der Waals surface area contributed by atoms with E-state index in [-0.39, 0.29) is 5.91 Å². The van der Waals surface area contributed by atoms with E-state index in [9.17, 15) is 13.2 Å². The Hall–Kier alpha value is -4.96. The predicted octanol–water partition coefficient (Wildman–Crippen LogP) is 6.08. The number of benzene rings is 3. The monoisotopic (exact) mass is 579 g/mol. The number of sulfonamides is 1. The number of amides is 1. The van der Waals surface area contributed by atoms with Crippen LogP contribution in [0.4, 0.5) is 5.69 Å². The van der Waals surface area contributed by atoms with Gasteiger partial charge in [0.1, 0.15) is 11.3 Å². The first-order valence-corrected chi connectivity index (χ1v) is 15.2. The highest BCUT2D eigenvalue weighted by Crippen LogP contribution is 2.41. The summed E-state index contributed by atoms with van der Waals surface area (Å²) >= 11 is 0. The molecule has 0 aliphatic carbocycles. The molecule has 2 N–H and O–H groups in total. The second-order valence-corrected chi connectivity index (χ2v) is 12.4. The molecule has 0 fully saturated rings. The van der Waals surface area contributed by atoms with Crippen LogP contribution in [0.5, 0.6) is 0 Å². The van der Waals surface area contributed by atoms with Gasteiger partial charge in [0.15, 0.2) is 0 Å². The molecule has 0 aliphatic rings. The number of aryl methyl sites for hydroxylation is 2. The molecule has 6 rings (SSSR count). The van der Waals surface area contributed by atoms with Crippen molar-refractivity contribution in [3.05, 3.63) is 89.6 Å². The van der Waals surface area contributed by atoms with Crippen molar-refractivity contribution in [2.45, 2.75) is 13.8 Å². The van der Waals surface area contributed by atoms with Gasteiger partial charge in [0, 0.05) is 53.1 Å². The fourth-order valence-electron chi connectivity index (χ4n) is 5.24. The minimum atomic E-state index is -3.66. The van der Waals surface area contributed by atoms with Gasteiger partial charge in [-0.05, 0) is 37.6 Å². The molecule has 3 aromatic heterocycles. The van der Waals surface area contributed by atoms with Gasteiger partial charge >= 0.3 is 0 Å². The summed E-state index contributed by atoms with van der Waals surface area (Å²) in [4.78, 5) is 16.7. The molecule has 3 aromatic carbocycles. The molecule has 212 valence electrons. The number of anilines is 1. The van der Waals surface area contributed by atoms with Gasteiger partial charge in [-0.25, -0.2) is 8.42 Å². The third-order valence-electron chi connectivity index (χ3n) is 7.60. The van der Waals surface area contributed by atoms with E-state index in [1.165, 1.54) is 11.4 Å². The van der Waals surface area contributed by atoms with Gasteiger partial charge in [-0.1, -0.05) is 48.0 Å². The number of para-hydroxylation sites is 1. The minimum absolute atomic E-state index is 0.326. The van der Waals surface area contributed by atoms with E-state index < -0.39 is 10.0 Å². The number of hydrogen-bond donors (Lipinski definition) is 2. The van der Waals surface area contributed by atoms with Crippen LogP contribution in [0, 0.1) is 13.8 Å². The Labute approximate surface area is 243 Å². The van der Waals surface area contributed by atoms with Gasteiger partial charge in [0.05, 0.1) is 35.1 Å². The average Bonchev–Trinajstić information content (AvgIpc) is 3.53. The number of aromatic amines is 1. The van der Waals surface area contributed by atoms with Crippen molar-refractivity contribution in [2.24, 2.45) is 0 Å². The van der Waals surface area contributed by atoms with Crippen molar-refractivity contribution in [3.63, 3.8) is 0 Å². The van der Waals surface area contributed by atoms with Crippen LogP contribution in [-0.4, -0.2) is 49.9 Å². The zero-order valence-electron chi connectivity index (χ0n) is 23.8. The Bertz CT molecular complexity index is 2110. The molecule has 42 heavy (non-hydrogen) atoms.